The van der Waals surface area contributed by atoms with Gasteiger partial charge in [0.1, 0.15) is 0 Å². The van der Waals surface area contributed by atoms with Crippen LogP contribution in [0.15, 0.2) is 6.07 Å². The van der Waals surface area contributed by atoms with Crippen molar-refractivity contribution in [3.63, 3.8) is 0 Å². The summed E-state index contributed by atoms with van der Waals surface area (Å²) in [5, 5.41) is 3.44. The zero-order valence-electron chi connectivity index (χ0n) is 10.6. The second-order valence-electron chi connectivity index (χ2n) is 4.64. The van der Waals surface area contributed by atoms with Gasteiger partial charge in [0, 0.05) is 23.4 Å². The highest BCUT2D eigenvalue weighted by Gasteiger charge is 2.34. The summed E-state index contributed by atoms with van der Waals surface area (Å²) in [5.74, 6) is 0.569. The molecule has 0 aromatic carbocycles. The fourth-order valence-electron chi connectivity index (χ4n) is 2.67. The highest BCUT2D eigenvalue weighted by molar-refractivity contribution is 7.16. The molecule has 2 nitrogen and oxygen atoms in total. The Labute approximate surface area is 112 Å². The molecule has 1 aliphatic rings. The smallest absolute Gasteiger partial charge is 0.0960 e. The van der Waals surface area contributed by atoms with Crippen molar-refractivity contribution < 1.29 is 4.74 Å². The number of aryl methyl sites for hydroxylation is 1. The van der Waals surface area contributed by atoms with Gasteiger partial charge in [0.25, 0.3) is 0 Å². The van der Waals surface area contributed by atoms with Gasteiger partial charge in [-0.15, -0.1) is 11.3 Å². The lowest BCUT2D eigenvalue weighted by molar-refractivity contribution is 0.0786. The van der Waals surface area contributed by atoms with Gasteiger partial charge >= 0.3 is 0 Å². The first-order valence-corrected chi connectivity index (χ1v) is 7.41. The lowest BCUT2D eigenvalue weighted by Gasteiger charge is -2.25. The molecule has 1 fully saturated rings. The minimum Gasteiger partial charge on any atom is -0.378 e. The number of halogens is 1. The van der Waals surface area contributed by atoms with Crippen molar-refractivity contribution in [2.24, 2.45) is 5.92 Å². The number of rotatable bonds is 4. The predicted octanol–water partition coefficient (Wildman–Crippen LogP) is 3.79. The first-order chi connectivity index (χ1) is 8.17. The normalized spacial score (nSPS) is 26.4. The van der Waals surface area contributed by atoms with Crippen LogP contribution in [0.1, 0.15) is 36.2 Å². The molecule has 0 amide bonds. The molecule has 2 heterocycles. The number of nitrogens with one attached hydrogen (secondary N) is 1. The van der Waals surface area contributed by atoms with Crippen LogP contribution >= 0.6 is 22.9 Å². The van der Waals surface area contributed by atoms with E-state index in [0.717, 1.165) is 23.8 Å². The first kappa shape index (κ1) is 13.3. The third-order valence-corrected chi connectivity index (χ3v) is 5.22. The van der Waals surface area contributed by atoms with E-state index in [4.69, 9.17) is 16.3 Å². The SMILES string of the molecule is CCC1OCCC1C(NC)c1cc(C)c(Cl)s1. The Bertz CT molecular complexity index is 360. The maximum atomic E-state index is 6.17. The molecule has 1 aliphatic heterocycles. The Morgan fingerprint density at radius 3 is 2.94 bits per heavy atom. The minimum absolute atomic E-state index is 0.374. The fraction of sp³-hybridized carbons (Fsp3) is 0.692. The van der Waals surface area contributed by atoms with Crippen LogP contribution < -0.4 is 5.32 Å². The molecule has 3 atom stereocenters. The van der Waals surface area contributed by atoms with Crippen LogP contribution in [0.3, 0.4) is 0 Å². The Morgan fingerprint density at radius 1 is 1.65 bits per heavy atom. The quantitative estimate of drug-likeness (QED) is 0.901. The zero-order chi connectivity index (χ0) is 12.4. The van der Waals surface area contributed by atoms with Crippen LogP contribution in [0.2, 0.25) is 4.34 Å². The number of thiophene rings is 1. The zero-order valence-corrected chi connectivity index (χ0v) is 12.2. The second-order valence-corrected chi connectivity index (χ2v) is 6.33. The molecule has 96 valence electrons. The lowest BCUT2D eigenvalue weighted by Crippen LogP contribution is -2.30. The first-order valence-electron chi connectivity index (χ1n) is 6.22. The summed E-state index contributed by atoms with van der Waals surface area (Å²) in [6, 6.07) is 2.58. The highest BCUT2D eigenvalue weighted by atomic mass is 35.5. The van der Waals surface area contributed by atoms with Gasteiger partial charge in [0.15, 0.2) is 0 Å². The molecular weight excluding hydrogens is 254 g/mol. The number of hydrogen-bond donors (Lipinski definition) is 1. The van der Waals surface area contributed by atoms with Crippen LogP contribution in [-0.4, -0.2) is 19.8 Å². The van der Waals surface area contributed by atoms with E-state index in [0.29, 0.717) is 18.1 Å². The van der Waals surface area contributed by atoms with Crippen molar-refractivity contribution in [2.45, 2.75) is 38.8 Å². The Hall–Kier alpha value is -0.0900. The molecule has 1 aromatic rings. The predicted molar refractivity (Wildman–Crippen MR) is 74.0 cm³/mol. The van der Waals surface area contributed by atoms with Gasteiger partial charge in [-0.1, -0.05) is 18.5 Å². The molecule has 0 aliphatic carbocycles. The minimum atomic E-state index is 0.374. The number of ether oxygens (including phenoxy) is 1. The molecule has 17 heavy (non-hydrogen) atoms. The maximum Gasteiger partial charge on any atom is 0.0960 e. The van der Waals surface area contributed by atoms with Crippen LogP contribution in [0.25, 0.3) is 0 Å². The van der Waals surface area contributed by atoms with E-state index < -0.39 is 0 Å². The van der Waals surface area contributed by atoms with Crippen LogP contribution in [0.5, 0.6) is 0 Å². The van der Waals surface area contributed by atoms with E-state index in [-0.39, 0.29) is 0 Å². The average molecular weight is 274 g/mol. The van der Waals surface area contributed by atoms with Crippen LogP contribution in [0, 0.1) is 12.8 Å². The van der Waals surface area contributed by atoms with Gasteiger partial charge in [-0.05, 0) is 38.4 Å². The molecule has 0 radical (unpaired) electrons. The largest absolute Gasteiger partial charge is 0.378 e. The summed E-state index contributed by atoms with van der Waals surface area (Å²) >= 11 is 7.86. The van der Waals surface area contributed by atoms with E-state index in [2.05, 4.69) is 25.2 Å². The monoisotopic (exact) mass is 273 g/mol. The van der Waals surface area contributed by atoms with Crippen molar-refractivity contribution >= 4 is 22.9 Å². The van der Waals surface area contributed by atoms with E-state index in [1.54, 1.807) is 11.3 Å². The standard InChI is InChI=1S/C13H20ClNOS/c1-4-10-9(5-6-16-10)12(15-3)11-7-8(2)13(14)17-11/h7,9-10,12,15H,4-6H2,1-3H3. The molecule has 0 saturated carbocycles. The van der Waals surface area contributed by atoms with Crippen molar-refractivity contribution in [2.75, 3.05) is 13.7 Å². The fourth-order valence-corrected chi connectivity index (χ4v) is 4.08. The second kappa shape index (κ2) is 5.70. The maximum absolute atomic E-state index is 6.17. The van der Waals surface area contributed by atoms with Gasteiger partial charge in [-0.25, -0.2) is 0 Å². The third-order valence-electron chi connectivity index (χ3n) is 3.58. The van der Waals surface area contributed by atoms with E-state index >= 15 is 0 Å². The molecular formula is C13H20ClNOS. The van der Waals surface area contributed by atoms with E-state index in [1.807, 2.05) is 7.05 Å². The summed E-state index contributed by atoms with van der Waals surface area (Å²) < 4.78 is 6.70. The van der Waals surface area contributed by atoms with Crippen molar-refractivity contribution in [1.29, 1.82) is 0 Å². The Balaban J connectivity index is 2.20. The molecule has 1 saturated heterocycles. The summed E-state index contributed by atoms with van der Waals surface area (Å²) in [6.07, 6.45) is 2.60. The molecule has 0 spiro atoms. The van der Waals surface area contributed by atoms with E-state index in [9.17, 15) is 0 Å². The van der Waals surface area contributed by atoms with Crippen LogP contribution in [-0.2, 0) is 4.74 Å². The van der Waals surface area contributed by atoms with Gasteiger partial charge in [-0.3, -0.25) is 0 Å². The van der Waals surface area contributed by atoms with Gasteiger partial charge in [0.05, 0.1) is 10.4 Å². The molecule has 4 heteroatoms. The summed E-state index contributed by atoms with van der Waals surface area (Å²) in [6.45, 7) is 5.15. The topological polar surface area (TPSA) is 21.3 Å². The Morgan fingerprint density at radius 2 is 2.41 bits per heavy atom. The third kappa shape index (κ3) is 2.68. The van der Waals surface area contributed by atoms with Gasteiger partial charge in [-0.2, -0.15) is 0 Å². The average Bonchev–Trinajstić information content (AvgIpc) is 2.89. The molecule has 3 unspecified atom stereocenters. The van der Waals surface area contributed by atoms with Gasteiger partial charge in [0.2, 0.25) is 0 Å². The molecule has 2 rings (SSSR count). The van der Waals surface area contributed by atoms with E-state index in [1.165, 1.54) is 10.4 Å². The van der Waals surface area contributed by atoms with Crippen molar-refractivity contribution in [1.82, 2.24) is 5.32 Å². The van der Waals surface area contributed by atoms with Crippen molar-refractivity contribution in [3.8, 4) is 0 Å². The van der Waals surface area contributed by atoms with Gasteiger partial charge < -0.3 is 10.1 Å². The molecule has 1 N–H and O–H groups in total. The van der Waals surface area contributed by atoms with Crippen LogP contribution in [0.4, 0.5) is 0 Å². The molecule has 0 bridgehead atoms. The summed E-state index contributed by atoms with van der Waals surface area (Å²) in [4.78, 5) is 1.34. The highest BCUT2D eigenvalue weighted by Crippen LogP contribution is 2.39. The lowest BCUT2D eigenvalue weighted by atomic mass is 9.90. The van der Waals surface area contributed by atoms with Crippen molar-refractivity contribution in [3.05, 3.63) is 20.8 Å². The Kier molecular flexibility index (Phi) is 4.47. The number of hydrogen-bond acceptors (Lipinski definition) is 3. The summed E-state index contributed by atoms with van der Waals surface area (Å²) in [5.41, 5.74) is 1.18. The summed E-state index contributed by atoms with van der Waals surface area (Å²) in [7, 11) is 2.03. The molecule has 1 aromatic heterocycles.